The minimum Gasteiger partial charge on any atom is -0.371 e. The van der Waals surface area contributed by atoms with Gasteiger partial charge in [-0.25, -0.2) is 0 Å². The number of carbonyl (C=O) groups is 2. The molecule has 1 aromatic rings. The number of ether oxygens (including phenoxy) is 1. The topological polar surface area (TPSA) is 76.5 Å². The second-order valence-corrected chi connectivity index (χ2v) is 7.13. The van der Waals surface area contributed by atoms with E-state index in [1.165, 1.54) is 0 Å². The molecule has 0 saturated carbocycles. The van der Waals surface area contributed by atoms with Crippen molar-refractivity contribution in [2.75, 3.05) is 26.2 Å². The molecule has 132 valence electrons. The highest BCUT2D eigenvalue weighted by Crippen LogP contribution is 2.41. The van der Waals surface area contributed by atoms with Crippen molar-refractivity contribution >= 4 is 11.8 Å². The maximum Gasteiger partial charge on any atom is 0.269 e. The third-order valence-corrected chi connectivity index (χ3v) is 5.15. The molecule has 7 nitrogen and oxygen atoms in total. The molecule has 1 spiro atoms. The zero-order chi connectivity index (χ0) is 17.3. The van der Waals surface area contributed by atoms with Gasteiger partial charge in [-0.1, -0.05) is 13.8 Å². The van der Waals surface area contributed by atoms with Crippen LogP contribution in [0.5, 0.6) is 0 Å². The van der Waals surface area contributed by atoms with Gasteiger partial charge < -0.3 is 15.0 Å². The number of amides is 2. The molecule has 7 heteroatoms. The summed E-state index contributed by atoms with van der Waals surface area (Å²) in [4.78, 5) is 26.0. The average Bonchev–Trinajstić information content (AvgIpc) is 3.11. The summed E-state index contributed by atoms with van der Waals surface area (Å²) in [5.41, 5.74) is 0.367. The van der Waals surface area contributed by atoms with Crippen LogP contribution in [0, 0.1) is 11.8 Å². The molecule has 2 aliphatic heterocycles. The zero-order valence-electron chi connectivity index (χ0n) is 14.6. The summed E-state index contributed by atoms with van der Waals surface area (Å²) in [5, 5.41) is 6.96. The van der Waals surface area contributed by atoms with Crippen molar-refractivity contribution in [2.24, 2.45) is 18.9 Å². The van der Waals surface area contributed by atoms with Gasteiger partial charge in [-0.3, -0.25) is 14.3 Å². The first-order chi connectivity index (χ1) is 11.4. The van der Waals surface area contributed by atoms with E-state index in [9.17, 15) is 9.59 Å². The molecule has 0 radical (unpaired) electrons. The van der Waals surface area contributed by atoms with Crippen LogP contribution in [0.4, 0.5) is 0 Å². The molecule has 0 bridgehead atoms. The van der Waals surface area contributed by atoms with Gasteiger partial charge >= 0.3 is 0 Å². The van der Waals surface area contributed by atoms with Crippen molar-refractivity contribution in [1.82, 2.24) is 20.0 Å². The van der Waals surface area contributed by atoms with Crippen LogP contribution in [0.1, 0.15) is 37.2 Å². The van der Waals surface area contributed by atoms with Crippen molar-refractivity contribution in [2.45, 2.75) is 32.3 Å². The SMILES string of the molecule is CC(C)C(=O)N1CC2(C1)OCCC2CCNC(=O)c1ccnn1C. The fourth-order valence-corrected chi connectivity index (χ4v) is 3.71. The fourth-order valence-electron chi connectivity index (χ4n) is 3.71. The standard InChI is InChI=1S/C17H26N4O3/c1-12(2)16(23)21-10-17(11-21)13(6-9-24-17)4-7-18-15(22)14-5-8-19-20(14)3/h5,8,12-13H,4,6-7,9-11H2,1-3H3,(H,18,22). The summed E-state index contributed by atoms with van der Waals surface area (Å²) in [7, 11) is 1.75. The van der Waals surface area contributed by atoms with Gasteiger partial charge in [-0.2, -0.15) is 5.10 Å². The molecule has 2 fully saturated rings. The molecular formula is C17H26N4O3. The first-order valence-electron chi connectivity index (χ1n) is 8.62. The number of hydrogen-bond donors (Lipinski definition) is 1. The van der Waals surface area contributed by atoms with E-state index in [-0.39, 0.29) is 23.3 Å². The largest absolute Gasteiger partial charge is 0.371 e. The normalized spacial score (nSPS) is 22.0. The summed E-state index contributed by atoms with van der Waals surface area (Å²) in [5.74, 6) is 0.508. The Bertz CT molecular complexity index is 619. The van der Waals surface area contributed by atoms with Crippen LogP contribution < -0.4 is 5.32 Å². The number of likely N-dealkylation sites (tertiary alicyclic amines) is 1. The lowest BCUT2D eigenvalue weighted by Crippen LogP contribution is -2.66. The van der Waals surface area contributed by atoms with Gasteiger partial charge in [0.25, 0.3) is 5.91 Å². The summed E-state index contributed by atoms with van der Waals surface area (Å²) in [6.07, 6.45) is 3.47. The lowest BCUT2D eigenvalue weighted by molar-refractivity contribution is -0.168. The Hall–Kier alpha value is -1.89. The number of nitrogens with one attached hydrogen (secondary N) is 1. The van der Waals surface area contributed by atoms with Crippen LogP contribution >= 0.6 is 0 Å². The Morgan fingerprint density at radius 3 is 2.83 bits per heavy atom. The second kappa shape index (κ2) is 6.55. The van der Waals surface area contributed by atoms with Gasteiger partial charge in [0.05, 0.1) is 13.1 Å². The van der Waals surface area contributed by atoms with Crippen LogP contribution in [-0.4, -0.2) is 58.3 Å². The molecule has 1 unspecified atom stereocenters. The molecule has 1 atom stereocenters. The molecule has 1 N–H and O–H groups in total. The minimum atomic E-state index is -0.193. The Balaban J connectivity index is 1.48. The average molecular weight is 334 g/mol. The van der Waals surface area contributed by atoms with E-state index in [0.717, 1.165) is 19.4 Å². The third-order valence-electron chi connectivity index (χ3n) is 5.15. The number of hydrogen-bond acceptors (Lipinski definition) is 4. The monoisotopic (exact) mass is 334 g/mol. The highest BCUT2D eigenvalue weighted by molar-refractivity contribution is 5.92. The smallest absolute Gasteiger partial charge is 0.269 e. The van der Waals surface area contributed by atoms with Gasteiger partial charge in [-0.05, 0) is 24.8 Å². The third kappa shape index (κ3) is 3.05. The molecular weight excluding hydrogens is 308 g/mol. The van der Waals surface area contributed by atoms with E-state index in [1.807, 2.05) is 18.7 Å². The lowest BCUT2D eigenvalue weighted by atomic mass is 9.78. The van der Waals surface area contributed by atoms with Gasteiger partial charge in [-0.15, -0.1) is 0 Å². The number of aromatic nitrogens is 2. The van der Waals surface area contributed by atoms with Crippen LogP contribution in [0.15, 0.2) is 12.3 Å². The van der Waals surface area contributed by atoms with E-state index < -0.39 is 0 Å². The van der Waals surface area contributed by atoms with Crippen LogP contribution in [0.25, 0.3) is 0 Å². The number of aryl methyl sites for hydroxylation is 1. The van der Waals surface area contributed by atoms with Gasteiger partial charge in [0.1, 0.15) is 11.3 Å². The predicted molar refractivity (Wildman–Crippen MR) is 88.4 cm³/mol. The molecule has 3 heterocycles. The van der Waals surface area contributed by atoms with Gasteiger partial charge in [0, 0.05) is 32.3 Å². The number of carbonyl (C=O) groups excluding carboxylic acids is 2. The summed E-state index contributed by atoms with van der Waals surface area (Å²) in [6, 6.07) is 1.71. The first kappa shape index (κ1) is 17.0. The summed E-state index contributed by atoms with van der Waals surface area (Å²) >= 11 is 0. The minimum absolute atomic E-state index is 0.0281. The van der Waals surface area contributed by atoms with E-state index in [2.05, 4.69) is 10.4 Å². The Morgan fingerprint density at radius 2 is 2.21 bits per heavy atom. The van der Waals surface area contributed by atoms with E-state index >= 15 is 0 Å². The molecule has 3 rings (SSSR count). The molecule has 2 aliphatic rings. The Kier molecular flexibility index (Phi) is 4.62. The van der Waals surface area contributed by atoms with E-state index in [0.29, 0.717) is 31.2 Å². The van der Waals surface area contributed by atoms with E-state index in [1.54, 1.807) is 24.0 Å². The Labute approximate surface area is 142 Å². The van der Waals surface area contributed by atoms with Gasteiger partial charge in [0.15, 0.2) is 0 Å². The molecule has 0 aliphatic carbocycles. The number of rotatable bonds is 5. The molecule has 2 amide bonds. The van der Waals surface area contributed by atoms with E-state index in [4.69, 9.17) is 4.74 Å². The quantitative estimate of drug-likeness (QED) is 0.865. The van der Waals surface area contributed by atoms with Crippen LogP contribution in [0.2, 0.25) is 0 Å². The van der Waals surface area contributed by atoms with Crippen molar-refractivity contribution in [1.29, 1.82) is 0 Å². The van der Waals surface area contributed by atoms with Crippen molar-refractivity contribution in [3.63, 3.8) is 0 Å². The van der Waals surface area contributed by atoms with Crippen LogP contribution in [-0.2, 0) is 16.6 Å². The predicted octanol–water partition coefficient (Wildman–Crippen LogP) is 0.813. The molecule has 0 aromatic carbocycles. The lowest BCUT2D eigenvalue weighted by Gasteiger charge is -2.50. The van der Waals surface area contributed by atoms with Gasteiger partial charge in [0.2, 0.25) is 5.91 Å². The molecule has 24 heavy (non-hydrogen) atoms. The van der Waals surface area contributed by atoms with Crippen molar-refractivity contribution in [3.8, 4) is 0 Å². The first-order valence-corrected chi connectivity index (χ1v) is 8.62. The molecule has 2 saturated heterocycles. The second-order valence-electron chi connectivity index (χ2n) is 7.13. The maximum atomic E-state index is 12.1. The van der Waals surface area contributed by atoms with Crippen molar-refractivity contribution in [3.05, 3.63) is 18.0 Å². The van der Waals surface area contributed by atoms with Crippen LogP contribution in [0.3, 0.4) is 0 Å². The highest BCUT2D eigenvalue weighted by atomic mass is 16.5. The Morgan fingerprint density at radius 1 is 1.46 bits per heavy atom. The number of nitrogens with zero attached hydrogens (tertiary/aromatic N) is 3. The highest BCUT2D eigenvalue weighted by Gasteiger charge is 2.54. The zero-order valence-corrected chi connectivity index (χ0v) is 14.6. The fraction of sp³-hybridized carbons (Fsp3) is 0.706. The maximum absolute atomic E-state index is 12.1. The molecule has 1 aromatic heterocycles. The summed E-state index contributed by atoms with van der Waals surface area (Å²) < 4.78 is 7.54. The van der Waals surface area contributed by atoms with Crippen molar-refractivity contribution < 1.29 is 14.3 Å². The summed E-state index contributed by atoms with van der Waals surface area (Å²) in [6.45, 7) is 6.57.